The zero-order chi connectivity index (χ0) is 13.5. The standard InChI is InChI=1S/C17H24O2/c1-12-3-4-13-10-17(16(11-18)15(13)9-12)7-5-14(19-2)6-8-17/h3-4,9,14,16,18H,5-8,10-11H2,1-2H3. The highest BCUT2D eigenvalue weighted by Crippen LogP contribution is 2.55. The number of methoxy groups -OCH3 is 1. The van der Waals surface area contributed by atoms with Gasteiger partial charge in [0, 0.05) is 13.0 Å². The summed E-state index contributed by atoms with van der Waals surface area (Å²) < 4.78 is 5.50. The molecule has 1 aromatic carbocycles. The van der Waals surface area contributed by atoms with E-state index < -0.39 is 0 Å². The van der Waals surface area contributed by atoms with Crippen molar-refractivity contribution in [2.45, 2.75) is 51.0 Å². The molecule has 0 aliphatic heterocycles. The fourth-order valence-electron chi connectivity index (χ4n) is 4.25. The first-order valence-electron chi connectivity index (χ1n) is 7.41. The lowest BCUT2D eigenvalue weighted by atomic mass is 9.66. The Bertz CT molecular complexity index is 458. The minimum absolute atomic E-state index is 0.286. The molecule has 0 heterocycles. The van der Waals surface area contributed by atoms with E-state index in [9.17, 15) is 5.11 Å². The van der Waals surface area contributed by atoms with E-state index in [-0.39, 0.29) is 6.61 Å². The summed E-state index contributed by atoms with van der Waals surface area (Å²) in [5.74, 6) is 0.334. The van der Waals surface area contributed by atoms with Crippen molar-refractivity contribution in [3.8, 4) is 0 Å². The van der Waals surface area contributed by atoms with E-state index in [0.717, 1.165) is 19.3 Å². The van der Waals surface area contributed by atoms with Crippen LogP contribution in [0.3, 0.4) is 0 Å². The molecule has 0 bridgehead atoms. The van der Waals surface area contributed by atoms with Gasteiger partial charge in [-0.1, -0.05) is 23.8 Å². The molecule has 104 valence electrons. The topological polar surface area (TPSA) is 29.5 Å². The molecule has 19 heavy (non-hydrogen) atoms. The van der Waals surface area contributed by atoms with Gasteiger partial charge in [0.1, 0.15) is 0 Å². The third-order valence-electron chi connectivity index (χ3n) is 5.40. The van der Waals surface area contributed by atoms with Crippen molar-refractivity contribution < 1.29 is 9.84 Å². The van der Waals surface area contributed by atoms with Crippen molar-refractivity contribution in [1.82, 2.24) is 0 Å². The number of ether oxygens (including phenoxy) is 1. The van der Waals surface area contributed by atoms with Gasteiger partial charge in [-0.05, 0) is 55.6 Å². The highest BCUT2D eigenvalue weighted by molar-refractivity contribution is 5.41. The highest BCUT2D eigenvalue weighted by Gasteiger charge is 2.47. The fourth-order valence-corrected chi connectivity index (χ4v) is 4.25. The normalized spacial score (nSPS) is 33.6. The summed E-state index contributed by atoms with van der Waals surface area (Å²) in [4.78, 5) is 0. The molecule has 2 heteroatoms. The molecule has 1 N–H and O–H groups in total. The Kier molecular flexibility index (Phi) is 3.40. The summed E-state index contributed by atoms with van der Waals surface area (Å²) in [6.07, 6.45) is 6.22. The van der Waals surface area contributed by atoms with Crippen LogP contribution in [0.25, 0.3) is 0 Å². The zero-order valence-electron chi connectivity index (χ0n) is 12.0. The van der Waals surface area contributed by atoms with Crippen LogP contribution in [0.15, 0.2) is 18.2 Å². The van der Waals surface area contributed by atoms with Gasteiger partial charge in [-0.2, -0.15) is 0 Å². The number of fused-ring (bicyclic) bond motifs is 1. The molecule has 0 saturated heterocycles. The van der Waals surface area contributed by atoms with Crippen LogP contribution in [0.1, 0.15) is 48.3 Å². The molecule has 0 amide bonds. The van der Waals surface area contributed by atoms with Gasteiger partial charge >= 0.3 is 0 Å². The second-order valence-corrected chi connectivity index (χ2v) is 6.41. The molecule has 1 spiro atoms. The molecule has 1 unspecified atom stereocenters. The van der Waals surface area contributed by atoms with E-state index in [4.69, 9.17) is 4.74 Å². The summed E-state index contributed by atoms with van der Waals surface area (Å²) in [6, 6.07) is 6.75. The summed E-state index contributed by atoms with van der Waals surface area (Å²) in [7, 11) is 1.82. The first-order chi connectivity index (χ1) is 9.18. The molecule has 1 aromatic rings. The number of rotatable bonds is 2. The minimum atomic E-state index is 0.286. The van der Waals surface area contributed by atoms with Crippen molar-refractivity contribution in [3.05, 3.63) is 34.9 Å². The van der Waals surface area contributed by atoms with Crippen LogP contribution in [0, 0.1) is 12.3 Å². The maximum absolute atomic E-state index is 9.91. The molecule has 1 fully saturated rings. The molecule has 1 saturated carbocycles. The van der Waals surface area contributed by atoms with E-state index >= 15 is 0 Å². The number of aryl methyl sites for hydroxylation is 1. The van der Waals surface area contributed by atoms with Gasteiger partial charge in [0.15, 0.2) is 0 Å². The lowest BCUT2D eigenvalue weighted by molar-refractivity contribution is 0.0119. The van der Waals surface area contributed by atoms with E-state index in [1.807, 2.05) is 7.11 Å². The van der Waals surface area contributed by atoms with Crippen molar-refractivity contribution >= 4 is 0 Å². The summed E-state index contributed by atoms with van der Waals surface area (Å²) in [6.45, 7) is 2.43. The number of aliphatic hydroxyl groups excluding tert-OH is 1. The third-order valence-corrected chi connectivity index (χ3v) is 5.40. The van der Waals surface area contributed by atoms with Crippen LogP contribution >= 0.6 is 0 Å². The van der Waals surface area contributed by atoms with Gasteiger partial charge in [-0.3, -0.25) is 0 Å². The molecular weight excluding hydrogens is 236 g/mol. The van der Waals surface area contributed by atoms with Gasteiger partial charge in [-0.25, -0.2) is 0 Å². The molecule has 1 atom stereocenters. The molecule has 3 rings (SSSR count). The minimum Gasteiger partial charge on any atom is -0.396 e. The molecule has 2 aliphatic rings. The Labute approximate surface area is 115 Å². The first kappa shape index (κ1) is 13.1. The smallest absolute Gasteiger partial charge is 0.0571 e. The van der Waals surface area contributed by atoms with Gasteiger partial charge in [0.2, 0.25) is 0 Å². The SMILES string of the molecule is COC1CCC2(CC1)Cc1ccc(C)cc1C2CO. The van der Waals surface area contributed by atoms with Crippen molar-refractivity contribution in [2.75, 3.05) is 13.7 Å². The second-order valence-electron chi connectivity index (χ2n) is 6.41. The van der Waals surface area contributed by atoms with Gasteiger partial charge in [0.05, 0.1) is 12.7 Å². The van der Waals surface area contributed by atoms with Gasteiger partial charge in [0.25, 0.3) is 0 Å². The predicted octanol–water partition coefficient (Wildman–Crippen LogP) is 3.20. The number of aliphatic hydroxyl groups is 1. The van der Waals surface area contributed by atoms with Crippen LogP contribution in [-0.4, -0.2) is 24.9 Å². The van der Waals surface area contributed by atoms with Crippen molar-refractivity contribution in [2.24, 2.45) is 5.41 Å². The molecule has 0 aromatic heterocycles. The second kappa shape index (κ2) is 4.92. The summed E-state index contributed by atoms with van der Waals surface area (Å²) >= 11 is 0. The first-order valence-corrected chi connectivity index (χ1v) is 7.41. The average molecular weight is 260 g/mol. The van der Waals surface area contributed by atoms with E-state index in [0.29, 0.717) is 17.4 Å². The Morgan fingerprint density at radius 1 is 1.32 bits per heavy atom. The largest absolute Gasteiger partial charge is 0.396 e. The Balaban J connectivity index is 1.89. The number of hydrogen-bond donors (Lipinski definition) is 1. The van der Waals surface area contributed by atoms with Crippen LogP contribution in [0.4, 0.5) is 0 Å². The number of benzene rings is 1. The van der Waals surface area contributed by atoms with E-state index in [1.54, 1.807) is 0 Å². The summed E-state index contributed by atoms with van der Waals surface area (Å²) in [5.41, 5.74) is 4.46. The fraction of sp³-hybridized carbons (Fsp3) is 0.647. The van der Waals surface area contributed by atoms with Gasteiger partial charge in [-0.15, -0.1) is 0 Å². The Morgan fingerprint density at radius 2 is 2.05 bits per heavy atom. The van der Waals surface area contributed by atoms with Crippen LogP contribution in [0.2, 0.25) is 0 Å². The summed E-state index contributed by atoms with van der Waals surface area (Å²) in [5, 5.41) is 9.91. The lowest BCUT2D eigenvalue weighted by Gasteiger charge is -2.41. The maximum atomic E-state index is 9.91. The monoisotopic (exact) mass is 260 g/mol. The van der Waals surface area contributed by atoms with Crippen LogP contribution in [0.5, 0.6) is 0 Å². The van der Waals surface area contributed by atoms with Crippen molar-refractivity contribution in [3.63, 3.8) is 0 Å². The Hall–Kier alpha value is -0.860. The number of hydrogen-bond acceptors (Lipinski definition) is 2. The molecule has 2 nitrogen and oxygen atoms in total. The van der Waals surface area contributed by atoms with Crippen LogP contribution < -0.4 is 0 Å². The average Bonchev–Trinajstić information content (AvgIpc) is 2.72. The zero-order valence-corrected chi connectivity index (χ0v) is 12.0. The maximum Gasteiger partial charge on any atom is 0.0571 e. The van der Waals surface area contributed by atoms with Gasteiger partial charge < -0.3 is 9.84 Å². The highest BCUT2D eigenvalue weighted by atomic mass is 16.5. The quantitative estimate of drug-likeness (QED) is 0.885. The van der Waals surface area contributed by atoms with E-state index in [1.165, 1.54) is 29.5 Å². The third kappa shape index (κ3) is 2.11. The predicted molar refractivity (Wildman–Crippen MR) is 76.4 cm³/mol. The van der Waals surface area contributed by atoms with Crippen LogP contribution in [-0.2, 0) is 11.2 Å². The Morgan fingerprint density at radius 3 is 2.68 bits per heavy atom. The van der Waals surface area contributed by atoms with E-state index in [2.05, 4.69) is 25.1 Å². The molecule has 0 radical (unpaired) electrons. The lowest BCUT2D eigenvalue weighted by Crippen LogP contribution is -2.35. The molecule has 2 aliphatic carbocycles. The van der Waals surface area contributed by atoms with Crippen molar-refractivity contribution in [1.29, 1.82) is 0 Å². The molecular formula is C17H24O2.